The Morgan fingerprint density at radius 1 is 1.17 bits per heavy atom. The number of para-hydroxylation sites is 1. The van der Waals surface area contributed by atoms with Gasteiger partial charge in [0.25, 0.3) is 0 Å². The number of anilines is 2. The first-order valence-corrected chi connectivity index (χ1v) is 8.30. The van der Waals surface area contributed by atoms with Crippen LogP contribution < -0.4 is 9.80 Å². The van der Waals surface area contributed by atoms with Gasteiger partial charge < -0.3 is 14.5 Å². The van der Waals surface area contributed by atoms with Crippen molar-refractivity contribution in [2.45, 2.75) is 25.9 Å². The van der Waals surface area contributed by atoms with Crippen LogP contribution in [0.4, 0.5) is 11.6 Å². The summed E-state index contributed by atoms with van der Waals surface area (Å²) in [5, 5.41) is 0. The lowest BCUT2D eigenvalue weighted by Crippen LogP contribution is -2.37. The summed E-state index contributed by atoms with van der Waals surface area (Å²) in [7, 11) is 0. The van der Waals surface area contributed by atoms with Gasteiger partial charge in [-0.15, -0.1) is 0 Å². The summed E-state index contributed by atoms with van der Waals surface area (Å²) in [6, 6.07) is 11.2. The largest absolute Gasteiger partial charge is 0.378 e. The van der Waals surface area contributed by atoms with Gasteiger partial charge in [-0.3, -0.25) is 0 Å². The van der Waals surface area contributed by atoms with E-state index in [-0.39, 0.29) is 0 Å². The predicted molar refractivity (Wildman–Crippen MR) is 90.9 cm³/mol. The summed E-state index contributed by atoms with van der Waals surface area (Å²) in [6.07, 6.45) is 2.98. The van der Waals surface area contributed by atoms with E-state index in [1.54, 1.807) is 0 Å². The number of nitrogens with zero attached hydrogens (tertiary/aromatic N) is 4. The molecule has 1 fully saturated rings. The van der Waals surface area contributed by atoms with Crippen molar-refractivity contribution in [3.05, 3.63) is 47.8 Å². The fourth-order valence-electron chi connectivity index (χ4n) is 3.43. The Balaban J connectivity index is 1.55. The molecule has 0 aliphatic carbocycles. The third-order valence-corrected chi connectivity index (χ3v) is 4.68. The first-order valence-electron chi connectivity index (χ1n) is 8.30. The van der Waals surface area contributed by atoms with E-state index in [9.17, 15) is 0 Å². The van der Waals surface area contributed by atoms with Crippen molar-refractivity contribution in [1.82, 2.24) is 9.97 Å². The molecule has 0 amide bonds. The number of fused-ring (bicyclic) bond motifs is 1. The fourth-order valence-corrected chi connectivity index (χ4v) is 3.43. The lowest BCUT2D eigenvalue weighted by Gasteiger charge is -2.28. The molecule has 5 heteroatoms. The molecule has 23 heavy (non-hydrogen) atoms. The molecule has 3 heterocycles. The zero-order valence-corrected chi connectivity index (χ0v) is 13.5. The highest BCUT2D eigenvalue weighted by Crippen LogP contribution is 2.32. The third kappa shape index (κ3) is 2.88. The van der Waals surface area contributed by atoms with Gasteiger partial charge in [0.1, 0.15) is 0 Å². The van der Waals surface area contributed by atoms with Crippen LogP contribution in [0, 0.1) is 0 Å². The molecule has 4 rings (SSSR count). The van der Waals surface area contributed by atoms with E-state index in [1.807, 2.05) is 12.3 Å². The molecular formula is C18H22N4O. The minimum atomic E-state index is 0.509. The van der Waals surface area contributed by atoms with E-state index in [2.05, 4.69) is 46.0 Å². The van der Waals surface area contributed by atoms with Gasteiger partial charge in [0.15, 0.2) is 0 Å². The van der Waals surface area contributed by atoms with E-state index in [1.165, 1.54) is 11.3 Å². The van der Waals surface area contributed by atoms with Crippen LogP contribution in [0.5, 0.6) is 0 Å². The van der Waals surface area contributed by atoms with Gasteiger partial charge in [0.05, 0.1) is 25.5 Å². The summed E-state index contributed by atoms with van der Waals surface area (Å²) >= 11 is 0. The van der Waals surface area contributed by atoms with E-state index in [0.717, 1.165) is 50.9 Å². The average molecular weight is 310 g/mol. The third-order valence-electron chi connectivity index (χ3n) is 4.68. The quantitative estimate of drug-likeness (QED) is 0.870. The monoisotopic (exact) mass is 310 g/mol. The topological polar surface area (TPSA) is 41.5 Å². The molecule has 2 aliphatic rings. The number of ether oxygens (including phenoxy) is 1. The number of rotatable bonds is 3. The van der Waals surface area contributed by atoms with Crippen molar-refractivity contribution in [2.75, 3.05) is 36.1 Å². The van der Waals surface area contributed by atoms with Gasteiger partial charge in [-0.1, -0.05) is 18.2 Å². The highest BCUT2D eigenvalue weighted by atomic mass is 16.5. The van der Waals surface area contributed by atoms with Crippen LogP contribution in [0.15, 0.2) is 36.5 Å². The molecule has 0 radical (unpaired) electrons. The Morgan fingerprint density at radius 3 is 2.87 bits per heavy atom. The summed E-state index contributed by atoms with van der Waals surface area (Å²) in [5.41, 5.74) is 3.85. The van der Waals surface area contributed by atoms with Gasteiger partial charge in [-0.25, -0.2) is 9.97 Å². The smallest absolute Gasteiger partial charge is 0.225 e. The van der Waals surface area contributed by atoms with E-state index >= 15 is 0 Å². The number of aromatic nitrogens is 2. The molecule has 1 atom stereocenters. The molecule has 1 aromatic carbocycles. The zero-order valence-electron chi connectivity index (χ0n) is 13.5. The van der Waals surface area contributed by atoms with Crippen LogP contribution in [-0.4, -0.2) is 42.3 Å². The Kier molecular flexibility index (Phi) is 3.87. The van der Waals surface area contributed by atoms with Crippen LogP contribution in [0.3, 0.4) is 0 Å². The second kappa shape index (κ2) is 6.16. The Morgan fingerprint density at radius 2 is 2.00 bits per heavy atom. The maximum atomic E-state index is 5.41. The average Bonchev–Trinajstić information content (AvgIpc) is 2.92. The number of hydrogen-bond acceptors (Lipinski definition) is 5. The maximum absolute atomic E-state index is 5.41. The molecule has 0 bridgehead atoms. The van der Waals surface area contributed by atoms with Crippen LogP contribution in [0.2, 0.25) is 0 Å². The Hall–Kier alpha value is -2.14. The number of benzene rings is 1. The lowest BCUT2D eigenvalue weighted by molar-refractivity contribution is 0.122. The molecule has 120 valence electrons. The van der Waals surface area contributed by atoms with Crippen molar-refractivity contribution >= 4 is 11.6 Å². The standard InChI is InChI=1S/C18H22N4O/c1-14-12-15-4-2-3-5-17(15)22(14)13-16-6-7-19-18(20-16)21-8-10-23-11-9-21/h2-7,14H,8-13H2,1H3/t14-/m0/s1. The van der Waals surface area contributed by atoms with Crippen molar-refractivity contribution in [3.8, 4) is 0 Å². The Labute approximate surface area is 136 Å². The normalized spacial score (nSPS) is 20.7. The zero-order chi connectivity index (χ0) is 15.6. The van der Waals surface area contributed by atoms with Gasteiger partial charge in [0.2, 0.25) is 5.95 Å². The van der Waals surface area contributed by atoms with Crippen molar-refractivity contribution < 1.29 is 4.74 Å². The minimum absolute atomic E-state index is 0.509. The van der Waals surface area contributed by atoms with Crippen LogP contribution >= 0.6 is 0 Å². The molecule has 5 nitrogen and oxygen atoms in total. The predicted octanol–water partition coefficient (Wildman–Crippen LogP) is 2.26. The molecule has 0 spiro atoms. The molecule has 1 saturated heterocycles. The fraction of sp³-hybridized carbons (Fsp3) is 0.444. The summed E-state index contributed by atoms with van der Waals surface area (Å²) in [4.78, 5) is 13.9. The molecule has 2 aliphatic heterocycles. The molecular weight excluding hydrogens is 288 g/mol. The summed E-state index contributed by atoms with van der Waals surface area (Å²) in [5.74, 6) is 0.825. The SMILES string of the molecule is C[C@H]1Cc2ccccc2N1Cc1ccnc(N2CCOCC2)n1. The molecule has 2 aromatic rings. The number of morpholine rings is 1. The first kappa shape index (κ1) is 14.5. The number of hydrogen-bond donors (Lipinski definition) is 0. The highest BCUT2D eigenvalue weighted by molar-refractivity contribution is 5.59. The highest BCUT2D eigenvalue weighted by Gasteiger charge is 2.26. The van der Waals surface area contributed by atoms with Gasteiger partial charge in [-0.2, -0.15) is 0 Å². The second-order valence-electron chi connectivity index (χ2n) is 6.26. The van der Waals surface area contributed by atoms with Crippen LogP contribution in [-0.2, 0) is 17.7 Å². The molecule has 0 unspecified atom stereocenters. The van der Waals surface area contributed by atoms with Gasteiger partial charge >= 0.3 is 0 Å². The molecule has 1 aromatic heterocycles. The maximum Gasteiger partial charge on any atom is 0.225 e. The van der Waals surface area contributed by atoms with Gasteiger partial charge in [-0.05, 0) is 31.0 Å². The molecule has 0 N–H and O–H groups in total. The lowest BCUT2D eigenvalue weighted by atomic mass is 10.1. The van der Waals surface area contributed by atoms with Crippen molar-refractivity contribution in [2.24, 2.45) is 0 Å². The van der Waals surface area contributed by atoms with Crippen LogP contribution in [0.1, 0.15) is 18.2 Å². The van der Waals surface area contributed by atoms with Gasteiger partial charge in [0, 0.05) is 31.0 Å². The van der Waals surface area contributed by atoms with E-state index < -0.39 is 0 Å². The van der Waals surface area contributed by atoms with Crippen molar-refractivity contribution in [3.63, 3.8) is 0 Å². The summed E-state index contributed by atoms with van der Waals surface area (Å²) in [6.45, 7) is 6.36. The summed E-state index contributed by atoms with van der Waals surface area (Å²) < 4.78 is 5.41. The van der Waals surface area contributed by atoms with Crippen LogP contribution in [0.25, 0.3) is 0 Å². The van der Waals surface area contributed by atoms with Crippen molar-refractivity contribution in [1.29, 1.82) is 0 Å². The second-order valence-corrected chi connectivity index (χ2v) is 6.26. The first-order chi connectivity index (χ1) is 11.3. The Bertz CT molecular complexity index is 684. The van der Waals surface area contributed by atoms with E-state index in [0.29, 0.717) is 6.04 Å². The molecule has 0 saturated carbocycles. The minimum Gasteiger partial charge on any atom is -0.378 e. The van der Waals surface area contributed by atoms with E-state index in [4.69, 9.17) is 9.72 Å².